The summed E-state index contributed by atoms with van der Waals surface area (Å²) in [7, 11) is 0. The molecule has 2 nitrogen and oxygen atoms in total. The van der Waals surface area contributed by atoms with E-state index >= 15 is 0 Å². The van der Waals surface area contributed by atoms with E-state index in [-0.39, 0.29) is 17.1 Å². The summed E-state index contributed by atoms with van der Waals surface area (Å²) in [6, 6.07) is 6.51. The minimum atomic E-state index is -1.13. The van der Waals surface area contributed by atoms with Crippen LogP contribution in [0.2, 0.25) is 0 Å². The predicted molar refractivity (Wildman–Crippen MR) is 65.2 cm³/mol. The van der Waals surface area contributed by atoms with Crippen LogP contribution in [0.5, 0.6) is 0 Å². The van der Waals surface area contributed by atoms with Gasteiger partial charge >= 0.3 is 0 Å². The minimum Gasteiger partial charge on any atom is -0.397 e. The fraction of sp³-hybridized carbons (Fsp3) is 0.0769. The van der Waals surface area contributed by atoms with Crippen molar-refractivity contribution in [2.45, 2.75) is 6.92 Å². The summed E-state index contributed by atoms with van der Waals surface area (Å²) in [6.07, 6.45) is 0. The first-order valence-electron chi connectivity index (χ1n) is 5.25. The second-order valence-electron chi connectivity index (χ2n) is 3.93. The van der Waals surface area contributed by atoms with E-state index in [9.17, 15) is 13.2 Å². The van der Waals surface area contributed by atoms with Gasteiger partial charge in [-0.25, -0.2) is 13.2 Å². The van der Waals surface area contributed by atoms with Crippen LogP contribution < -0.4 is 11.1 Å². The lowest BCUT2D eigenvalue weighted by Crippen LogP contribution is -2.03. The van der Waals surface area contributed by atoms with Crippen LogP contribution in [-0.2, 0) is 0 Å². The molecule has 0 heterocycles. The summed E-state index contributed by atoms with van der Waals surface area (Å²) < 4.78 is 40.2. The molecule has 2 aromatic carbocycles. The van der Waals surface area contributed by atoms with Crippen molar-refractivity contribution >= 4 is 17.1 Å². The van der Waals surface area contributed by atoms with Gasteiger partial charge in [0.2, 0.25) is 0 Å². The Labute approximate surface area is 102 Å². The summed E-state index contributed by atoms with van der Waals surface area (Å²) in [6.45, 7) is 1.73. The third-order valence-corrected chi connectivity index (χ3v) is 2.51. The van der Waals surface area contributed by atoms with E-state index in [1.54, 1.807) is 13.0 Å². The summed E-state index contributed by atoms with van der Waals surface area (Å²) in [5.41, 5.74) is 6.03. The molecule has 18 heavy (non-hydrogen) atoms. The monoisotopic (exact) mass is 252 g/mol. The highest BCUT2D eigenvalue weighted by molar-refractivity contribution is 5.73. The molecule has 0 aliphatic rings. The van der Waals surface area contributed by atoms with Crippen LogP contribution >= 0.6 is 0 Å². The molecule has 0 aromatic heterocycles. The summed E-state index contributed by atoms with van der Waals surface area (Å²) in [4.78, 5) is 0. The van der Waals surface area contributed by atoms with Gasteiger partial charge in [-0.15, -0.1) is 0 Å². The van der Waals surface area contributed by atoms with Crippen molar-refractivity contribution in [3.8, 4) is 0 Å². The molecule has 0 bridgehead atoms. The molecule has 0 fully saturated rings. The van der Waals surface area contributed by atoms with Crippen molar-refractivity contribution in [1.29, 1.82) is 0 Å². The molecule has 2 rings (SSSR count). The van der Waals surface area contributed by atoms with Crippen molar-refractivity contribution in [3.63, 3.8) is 0 Å². The number of hydrogen-bond donors (Lipinski definition) is 2. The zero-order chi connectivity index (χ0) is 13.3. The van der Waals surface area contributed by atoms with Gasteiger partial charge in [-0.1, -0.05) is 6.07 Å². The minimum absolute atomic E-state index is 0.00822. The highest BCUT2D eigenvalue weighted by atomic mass is 19.2. The van der Waals surface area contributed by atoms with Gasteiger partial charge in [0.25, 0.3) is 0 Å². The van der Waals surface area contributed by atoms with Crippen LogP contribution in [0, 0.1) is 24.4 Å². The van der Waals surface area contributed by atoms with Crippen LogP contribution in [0.25, 0.3) is 0 Å². The summed E-state index contributed by atoms with van der Waals surface area (Å²) >= 11 is 0. The van der Waals surface area contributed by atoms with E-state index in [1.807, 2.05) is 0 Å². The maximum Gasteiger partial charge on any atom is 0.184 e. The second-order valence-corrected chi connectivity index (χ2v) is 3.93. The van der Waals surface area contributed by atoms with Crippen LogP contribution in [0.1, 0.15) is 5.56 Å². The highest BCUT2D eigenvalue weighted by Gasteiger charge is 2.13. The Balaban J connectivity index is 2.43. The topological polar surface area (TPSA) is 38.0 Å². The maximum atomic E-state index is 13.6. The van der Waals surface area contributed by atoms with Crippen LogP contribution in [0.3, 0.4) is 0 Å². The van der Waals surface area contributed by atoms with Crippen LogP contribution in [-0.4, -0.2) is 0 Å². The Morgan fingerprint density at radius 3 is 2.39 bits per heavy atom. The molecular formula is C13H11F3N2. The van der Waals surface area contributed by atoms with E-state index in [1.165, 1.54) is 18.2 Å². The molecule has 0 saturated carbocycles. The lowest BCUT2D eigenvalue weighted by Gasteiger charge is -2.11. The number of halogens is 3. The molecule has 0 aliphatic heterocycles. The first-order valence-corrected chi connectivity index (χ1v) is 5.25. The van der Waals surface area contributed by atoms with Gasteiger partial charge in [-0.05, 0) is 36.8 Å². The lowest BCUT2D eigenvalue weighted by molar-refractivity contribution is 0.512. The Morgan fingerprint density at radius 1 is 1.00 bits per heavy atom. The molecule has 0 atom stereocenters. The SMILES string of the molecule is Cc1ccc(Nc2c(N)ccc(F)c2F)c(F)c1. The maximum absolute atomic E-state index is 13.6. The molecule has 94 valence electrons. The molecule has 2 aromatic rings. The number of anilines is 3. The molecule has 0 saturated heterocycles. The average molecular weight is 252 g/mol. The average Bonchev–Trinajstić information content (AvgIpc) is 2.32. The molecule has 0 unspecified atom stereocenters. The highest BCUT2D eigenvalue weighted by Crippen LogP contribution is 2.29. The predicted octanol–water partition coefficient (Wildman–Crippen LogP) is 3.74. The third kappa shape index (κ3) is 2.25. The largest absolute Gasteiger partial charge is 0.397 e. The van der Waals surface area contributed by atoms with Gasteiger partial charge in [0.05, 0.1) is 11.4 Å². The Bertz CT molecular complexity index is 597. The smallest absolute Gasteiger partial charge is 0.184 e. The van der Waals surface area contributed by atoms with E-state index < -0.39 is 17.5 Å². The summed E-state index contributed by atoms with van der Waals surface area (Å²) in [5.74, 6) is -2.73. The first kappa shape index (κ1) is 12.3. The normalized spacial score (nSPS) is 10.4. The standard InChI is InChI=1S/C13H11F3N2/c1-7-2-5-11(9(15)6-7)18-13-10(17)4-3-8(14)12(13)16/h2-6,18H,17H2,1H3. The van der Waals surface area contributed by atoms with E-state index in [4.69, 9.17) is 5.73 Å². The van der Waals surface area contributed by atoms with Crippen molar-refractivity contribution in [2.75, 3.05) is 11.1 Å². The Kier molecular flexibility index (Phi) is 3.14. The van der Waals surface area contributed by atoms with Crippen LogP contribution in [0.15, 0.2) is 30.3 Å². The number of aryl methyl sites for hydroxylation is 1. The van der Waals surface area contributed by atoms with Crippen molar-refractivity contribution in [3.05, 3.63) is 53.3 Å². The lowest BCUT2D eigenvalue weighted by atomic mass is 10.2. The fourth-order valence-electron chi connectivity index (χ4n) is 1.55. The third-order valence-electron chi connectivity index (χ3n) is 2.51. The molecule has 3 N–H and O–H groups in total. The zero-order valence-electron chi connectivity index (χ0n) is 9.60. The number of hydrogen-bond acceptors (Lipinski definition) is 2. The number of nitrogens with two attached hydrogens (primary N) is 1. The number of rotatable bonds is 2. The first-order chi connectivity index (χ1) is 8.49. The molecule has 0 radical (unpaired) electrons. The second kappa shape index (κ2) is 4.60. The summed E-state index contributed by atoms with van der Waals surface area (Å²) in [5, 5.41) is 2.46. The number of nitrogens with one attached hydrogen (secondary N) is 1. The molecule has 0 amide bonds. The van der Waals surface area contributed by atoms with Gasteiger partial charge in [0.1, 0.15) is 11.5 Å². The zero-order valence-corrected chi connectivity index (χ0v) is 9.60. The molecule has 0 spiro atoms. The molecular weight excluding hydrogens is 241 g/mol. The van der Waals surface area contributed by atoms with Gasteiger partial charge in [-0.3, -0.25) is 0 Å². The number of benzene rings is 2. The van der Waals surface area contributed by atoms with Gasteiger partial charge < -0.3 is 11.1 Å². The van der Waals surface area contributed by atoms with E-state index in [0.29, 0.717) is 0 Å². The number of nitrogen functional groups attached to an aromatic ring is 1. The Morgan fingerprint density at radius 2 is 1.72 bits per heavy atom. The fourth-order valence-corrected chi connectivity index (χ4v) is 1.55. The molecule has 0 aliphatic carbocycles. The van der Waals surface area contributed by atoms with Crippen molar-refractivity contribution in [1.82, 2.24) is 0 Å². The molecule has 5 heteroatoms. The van der Waals surface area contributed by atoms with Crippen molar-refractivity contribution in [2.24, 2.45) is 0 Å². The Hall–Kier alpha value is -2.17. The van der Waals surface area contributed by atoms with E-state index in [2.05, 4.69) is 5.32 Å². The van der Waals surface area contributed by atoms with Gasteiger partial charge in [-0.2, -0.15) is 0 Å². The quantitative estimate of drug-likeness (QED) is 0.799. The van der Waals surface area contributed by atoms with Crippen molar-refractivity contribution < 1.29 is 13.2 Å². The van der Waals surface area contributed by atoms with Gasteiger partial charge in [0.15, 0.2) is 11.6 Å². The van der Waals surface area contributed by atoms with Gasteiger partial charge in [0, 0.05) is 0 Å². The van der Waals surface area contributed by atoms with Crippen LogP contribution in [0.4, 0.5) is 30.2 Å². The van der Waals surface area contributed by atoms with E-state index in [0.717, 1.165) is 11.6 Å².